The fraction of sp³-hybridized carbons (Fsp3) is 1.00. The summed E-state index contributed by atoms with van der Waals surface area (Å²) in [5.74, 6) is 0.870. The molecule has 2 rings (SSSR count). The number of hydrogen-bond donors (Lipinski definition) is 1. The van der Waals surface area contributed by atoms with E-state index in [9.17, 15) is 0 Å². The maximum absolute atomic E-state index is 5.97. The molecule has 1 heterocycles. The molecule has 3 unspecified atom stereocenters. The minimum absolute atomic E-state index is 0.508. The molecule has 2 fully saturated rings. The summed E-state index contributed by atoms with van der Waals surface area (Å²) < 4.78 is 0. The third-order valence-corrected chi connectivity index (χ3v) is 4.90. The Hall–Kier alpha value is -0.0800. The lowest BCUT2D eigenvalue weighted by Gasteiger charge is -2.46. The molecule has 1 aliphatic heterocycles. The van der Waals surface area contributed by atoms with E-state index in [0.717, 1.165) is 18.5 Å². The number of rotatable bonds is 2. The van der Waals surface area contributed by atoms with Gasteiger partial charge in [0.15, 0.2) is 0 Å². The lowest BCUT2D eigenvalue weighted by atomic mass is 9.82. The van der Waals surface area contributed by atoms with Gasteiger partial charge < -0.3 is 5.73 Å². The number of nitrogens with two attached hydrogens (primary N) is 1. The van der Waals surface area contributed by atoms with Crippen LogP contribution in [0.5, 0.6) is 0 Å². The number of hydrogen-bond acceptors (Lipinski definition) is 2. The van der Waals surface area contributed by atoms with Crippen LogP contribution in [0.25, 0.3) is 0 Å². The average Bonchev–Trinajstić information content (AvgIpc) is 2.58. The lowest BCUT2D eigenvalue weighted by Crippen LogP contribution is -2.54. The molecule has 16 heavy (non-hydrogen) atoms. The monoisotopic (exact) mass is 224 g/mol. The van der Waals surface area contributed by atoms with Gasteiger partial charge in [0.25, 0.3) is 0 Å². The molecule has 0 aromatic carbocycles. The van der Waals surface area contributed by atoms with Crippen LogP contribution < -0.4 is 5.73 Å². The maximum atomic E-state index is 5.97. The van der Waals surface area contributed by atoms with Crippen molar-refractivity contribution in [2.75, 3.05) is 13.1 Å². The number of likely N-dealkylation sites (tertiary alicyclic amines) is 1. The second-order valence-electron chi connectivity index (χ2n) is 6.65. The third kappa shape index (κ3) is 2.28. The van der Waals surface area contributed by atoms with E-state index in [4.69, 9.17) is 5.73 Å². The summed E-state index contributed by atoms with van der Waals surface area (Å²) in [5.41, 5.74) is 6.48. The molecule has 1 saturated heterocycles. The molecule has 2 aliphatic rings. The molecule has 0 aromatic heterocycles. The molecule has 94 valence electrons. The summed E-state index contributed by atoms with van der Waals surface area (Å²) in [4.78, 5) is 2.74. The third-order valence-electron chi connectivity index (χ3n) is 4.90. The largest absolute Gasteiger partial charge is 0.329 e. The summed E-state index contributed by atoms with van der Waals surface area (Å²) in [6.07, 6.45) is 6.85. The summed E-state index contributed by atoms with van der Waals surface area (Å²) in [5, 5.41) is 0. The zero-order chi connectivity index (χ0) is 11.8. The van der Waals surface area contributed by atoms with E-state index in [1.54, 1.807) is 0 Å². The highest BCUT2D eigenvalue weighted by molar-refractivity contribution is 4.96. The zero-order valence-corrected chi connectivity index (χ0v) is 11.2. The Bertz CT molecular complexity index is 237. The van der Waals surface area contributed by atoms with Crippen molar-refractivity contribution in [2.45, 2.75) is 65.0 Å². The SMILES string of the molecule is CC1CCN(C2CCCC2(C)C)C(CN)C1. The Morgan fingerprint density at radius 2 is 2.06 bits per heavy atom. The molecule has 2 heteroatoms. The molecule has 1 aliphatic carbocycles. The van der Waals surface area contributed by atoms with Crippen molar-refractivity contribution in [3.05, 3.63) is 0 Å². The van der Waals surface area contributed by atoms with Crippen molar-refractivity contribution in [3.63, 3.8) is 0 Å². The first-order valence-corrected chi connectivity index (χ1v) is 7.00. The Labute approximate surface area is 101 Å². The fourth-order valence-electron chi connectivity index (χ4n) is 3.83. The van der Waals surface area contributed by atoms with E-state index in [-0.39, 0.29) is 0 Å². The Kier molecular flexibility index (Phi) is 3.60. The number of nitrogens with zero attached hydrogens (tertiary/aromatic N) is 1. The minimum Gasteiger partial charge on any atom is -0.329 e. The molecule has 0 aromatic rings. The molecule has 0 amide bonds. The second kappa shape index (κ2) is 4.66. The Morgan fingerprint density at radius 1 is 1.31 bits per heavy atom. The maximum Gasteiger partial charge on any atom is 0.0224 e. The van der Waals surface area contributed by atoms with E-state index >= 15 is 0 Å². The van der Waals surface area contributed by atoms with Gasteiger partial charge in [-0.05, 0) is 43.6 Å². The standard InChI is InChI=1S/C14H28N2/c1-11-6-8-16(12(9-11)10-15)13-5-4-7-14(13,2)3/h11-13H,4-10,15H2,1-3H3. The summed E-state index contributed by atoms with van der Waals surface area (Å²) in [7, 11) is 0. The van der Waals surface area contributed by atoms with Crippen LogP contribution in [-0.2, 0) is 0 Å². The van der Waals surface area contributed by atoms with Crippen LogP contribution in [0.1, 0.15) is 52.9 Å². The second-order valence-corrected chi connectivity index (χ2v) is 6.65. The zero-order valence-electron chi connectivity index (χ0n) is 11.2. The first-order chi connectivity index (χ1) is 7.54. The lowest BCUT2D eigenvalue weighted by molar-refractivity contribution is 0.0320. The van der Waals surface area contributed by atoms with E-state index in [1.807, 2.05) is 0 Å². The molecular formula is C14H28N2. The Morgan fingerprint density at radius 3 is 2.62 bits per heavy atom. The first kappa shape index (κ1) is 12.4. The van der Waals surface area contributed by atoms with E-state index in [0.29, 0.717) is 11.5 Å². The van der Waals surface area contributed by atoms with Gasteiger partial charge in [-0.2, -0.15) is 0 Å². The van der Waals surface area contributed by atoms with Crippen molar-refractivity contribution >= 4 is 0 Å². The van der Waals surface area contributed by atoms with Crippen LogP contribution in [0, 0.1) is 11.3 Å². The fourth-order valence-corrected chi connectivity index (χ4v) is 3.83. The van der Waals surface area contributed by atoms with Crippen LogP contribution in [0.4, 0.5) is 0 Å². The highest BCUT2D eigenvalue weighted by atomic mass is 15.2. The van der Waals surface area contributed by atoms with E-state index < -0.39 is 0 Å². The molecule has 1 saturated carbocycles. The van der Waals surface area contributed by atoms with Crippen LogP contribution >= 0.6 is 0 Å². The highest BCUT2D eigenvalue weighted by Crippen LogP contribution is 2.42. The van der Waals surface area contributed by atoms with Crippen LogP contribution in [0.15, 0.2) is 0 Å². The van der Waals surface area contributed by atoms with Crippen molar-refractivity contribution in [1.29, 1.82) is 0 Å². The van der Waals surface area contributed by atoms with Crippen molar-refractivity contribution in [3.8, 4) is 0 Å². The normalized spacial score (nSPS) is 40.1. The number of piperidine rings is 1. The first-order valence-electron chi connectivity index (χ1n) is 7.00. The van der Waals surface area contributed by atoms with Gasteiger partial charge in [-0.3, -0.25) is 4.90 Å². The van der Waals surface area contributed by atoms with Crippen molar-refractivity contribution in [1.82, 2.24) is 4.90 Å². The van der Waals surface area contributed by atoms with Gasteiger partial charge in [-0.1, -0.05) is 27.2 Å². The predicted molar refractivity (Wildman–Crippen MR) is 69.4 cm³/mol. The predicted octanol–water partition coefficient (Wildman–Crippen LogP) is 2.62. The topological polar surface area (TPSA) is 29.3 Å². The van der Waals surface area contributed by atoms with Gasteiger partial charge in [0.05, 0.1) is 0 Å². The smallest absolute Gasteiger partial charge is 0.0224 e. The van der Waals surface area contributed by atoms with Crippen LogP contribution in [0.3, 0.4) is 0 Å². The van der Waals surface area contributed by atoms with E-state index in [2.05, 4.69) is 25.7 Å². The molecule has 0 radical (unpaired) electrons. The van der Waals surface area contributed by atoms with Crippen molar-refractivity contribution in [2.24, 2.45) is 17.1 Å². The Balaban J connectivity index is 2.07. The average molecular weight is 224 g/mol. The van der Waals surface area contributed by atoms with Crippen LogP contribution in [-0.4, -0.2) is 30.1 Å². The molecule has 0 spiro atoms. The van der Waals surface area contributed by atoms with Gasteiger partial charge in [0.2, 0.25) is 0 Å². The summed E-state index contributed by atoms with van der Waals surface area (Å²) in [6, 6.07) is 1.43. The van der Waals surface area contributed by atoms with E-state index in [1.165, 1.54) is 38.6 Å². The molecule has 2 nitrogen and oxygen atoms in total. The van der Waals surface area contributed by atoms with Gasteiger partial charge in [0, 0.05) is 18.6 Å². The molecular weight excluding hydrogens is 196 g/mol. The minimum atomic E-state index is 0.508. The van der Waals surface area contributed by atoms with Gasteiger partial charge in [-0.25, -0.2) is 0 Å². The molecule has 0 bridgehead atoms. The van der Waals surface area contributed by atoms with Gasteiger partial charge in [0.1, 0.15) is 0 Å². The molecule has 2 N–H and O–H groups in total. The summed E-state index contributed by atoms with van der Waals surface area (Å²) >= 11 is 0. The van der Waals surface area contributed by atoms with Gasteiger partial charge in [-0.15, -0.1) is 0 Å². The van der Waals surface area contributed by atoms with Gasteiger partial charge >= 0.3 is 0 Å². The highest BCUT2D eigenvalue weighted by Gasteiger charge is 2.41. The summed E-state index contributed by atoms with van der Waals surface area (Å²) in [6.45, 7) is 9.38. The molecule has 3 atom stereocenters. The van der Waals surface area contributed by atoms with Crippen LogP contribution in [0.2, 0.25) is 0 Å². The quantitative estimate of drug-likeness (QED) is 0.781. The van der Waals surface area contributed by atoms with Crippen molar-refractivity contribution < 1.29 is 0 Å².